The number of ether oxygens (including phenoxy) is 1. The lowest BCUT2D eigenvalue weighted by atomic mass is 10.1. The van der Waals surface area contributed by atoms with Crippen LogP contribution in [-0.4, -0.2) is 57.1 Å². The van der Waals surface area contributed by atoms with Gasteiger partial charge in [-0.1, -0.05) is 0 Å². The summed E-state index contributed by atoms with van der Waals surface area (Å²) in [5.41, 5.74) is 1.40. The standard InChI is InChI=1S/C17H27BrN4O2S/c1-17(2,3)21-16(23)12-10-22(11-24-7-8-25(4,5)6)15-14(12)20-13(18)9-19-15/h9-10H,7-8,11H2,1-6H3,(H,21,23). The smallest absolute Gasteiger partial charge is 0.255 e. The van der Waals surface area contributed by atoms with Crippen molar-refractivity contribution in [1.82, 2.24) is 19.9 Å². The average Bonchev–Trinajstić information content (AvgIpc) is 2.79. The number of rotatable bonds is 6. The van der Waals surface area contributed by atoms with E-state index in [0.717, 1.165) is 5.75 Å². The number of aromatic nitrogens is 3. The van der Waals surface area contributed by atoms with Crippen molar-refractivity contribution in [3.8, 4) is 0 Å². The molecular weight excluding hydrogens is 404 g/mol. The number of nitrogens with one attached hydrogen (secondary N) is 1. The minimum atomic E-state index is -0.588. The van der Waals surface area contributed by atoms with Gasteiger partial charge in [-0.3, -0.25) is 4.79 Å². The Morgan fingerprint density at radius 2 is 2.04 bits per heavy atom. The molecule has 2 aromatic heterocycles. The third-order valence-corrected chi connectivity index (χ3v) is 5.11. The van der Waals surface area contributed by atoms with Crippen LogP contribution in [-0.2, 0) is 11.5 Å². The van der Waals surface area contributed by atoms with Crippen LogP contribution in [0.1, 0.15) is 31.1 Å². The van der Waals surface area contributed by atoms with Crippen LogP contribution in [0, 0.1) is 0 Å². The Morgan fingerprint density at radius 3 is 2.64 bits per heavy atom. The lowest BCUT2D eigenvalue weighted by Crippen LogP contribution is -2.40. The summed E-state index contributed by atoms with van der Waals surface area (Å²) in [4.78, 5) is 21.5. The fourth-order valence-corrected chi connectivity index (χ4v) is 3.07. The second-order valence-electron chi connectivity index (χ2n) is 7.91. The number of halogens is 1. The molecule has 1 N–H and O–H groups in total. The van der Waals surface area contributed by atoms with Crippen molar-refractivity contribution in [2.75, 3.05) is 31.1 Å². The van der Waals surface area contributed by atoms with Crippen LogP contribution >= 0.6 is 26.0 Å². The molecule has 0 fully saturated rings. The molecule has 140 valence electrons. The van der Waals surface area contributed by atoms with Crippen molar-refractivity contribution in [1.29, 1.82) is 0 Å². The Balaban J connectivity index is 2.25. The number of fused-ring (bicyclic) bond motifs is 1. The SMILES string of the molecule is CC(C)(C)NC(=O)c1cn(COCCS(C)(C)C)c2ncc(Br)nc12. The molecule has 2 heterocycles. The van der Waals surface area contributed by atoms with Crippen molar-refractivity contribution in [2.24, 2.45) is 0 Å². The number of nitrogens with zero attached hydrogens (tertiary/aromatic N) is 3. The van der Waals surface area contributed by atoms with Gasteiger partial charge >= 0.3 is 0 Å². The zero-order valence-corrected chi connectivity index (χ0v) is 18.1. The Hall–Kier alpha value is -1.12. The molecule has 0 aliphatic heterocycles. The maximum Gasteiger partial charge on any atom is 0.255 e. The number of carbonyl (C=O) groups excluding carboxylic acids is 1. The first kappa shape index (κ1) is 20.2. The van der Waals surface area contributed by atoms with Gasteiger partial charge in [0.25, 0.3) is 5.91 Å². The van der Waals surface area contributed by atoms with Crippen LogP contribution in [0.2, 0.25) is 0 Å². The van der Waals surface area contributed by atoms with Gasteiger partial charge in [0.1, 0.15) is 16.9 Å². The molecule has 2 aromatic rings. The number of carbonyl (C=O) groups is 1. The van der Waals surface area contributed by atoms with Crippen LogP contribution in [0.5, 0.6) is 0 Å². The molecule has 0 aromatic carbocycles. The minimum Gasteiger partial charge on any atom is -0.360 e. The van der Waals surface area contributed by atoms with Gasteiger partial charge in [0.15, 0.2) is 5.65 Å². The first-order valence-corrected chi connectivity index (χ1v) is 11.9. The van der Waals surface area contributed by atoms with Gasteiger partial charge in [0, 0.05) is 17.5 Å². The highest BCUT2D eigenvalue weighted by molar-refractivity contribution is 9.10. The molecule has 0 aliphatic carbocycles. The predicted molar refractivity (Wildman–Crippen MR) is 109 cm³/mol. The van der Waals surface area contributed by atoms with E-state index in [-0.39, 0.29) is 11.4 Å². The fraction of sp³-hybridized carbons (Fsp3) is 0.588. The molecule has 8 heteroatoms. The molecule has 1 amide bonds. The van der Waals surface area contributed by atoms with Gasteiger partial charge in [0.2, 0.25) is 0 Å². The molecule has 0 unspecified atom stereocenters. The van der Waals surface area contributed by atoms with Gasteiger partial charge in [-0.05, 0) is 55.5 Å². The molecule has 0 saturated carbocycles. The number of hydrogen-bond acceptors (Lipinski definition) is 4. The molecule has 0 bridgehead atoms. The highest BCUT2D eigenvalue weighted by Crippen LogP contribution is 2.33. The normalized spacial score (nSPS) is 13.2. The lowest BCUT2D eigenvalue weighted by Gasteiger charge is -2.24. The van der Waals surface area contributed by atoms with Gasteiger partial charge in [-0.15, -0.1) is 0 Å². The Labute approximate surface area is 159 Å². The van der Waals surface area contributed by atoms with Crippen molar-refractivity contribution in [3.63, 3.8) is 0 Å². The zero-order chi connectivity index (χ0) is 18.8. The Kier molecular flexibility index (Phi) is 6.17. The van der Waals surface area contributed by atoms with E-state index in [9.17, 15) is 4.79 Å². The van der Waals surface area contributed by atoms with E-state index in [2.05, 4.69) is 50.0 Å². The topological polar surface area (TPSA) is 69.0 Å². The molecule has 0 spiro atoms. The van der Waals surface area contributed by atoms with E-state index in [1.807, 2.05) is 25.3 Å². The summed E-state index contributed by atoms with van der Waals surface area (Å²) in [7, 11) is -0.588. The van der Waals surface area contributed by atoms with Crippen molar-refractivity contribution in [3.05, 3.63) is 22.6 Å². The first-order chi connectivity index (χ1) is 11.5. The lowest BCUT2D eigenvalue weighted by molar-refractivity contribution is 0.0901. The van der Waals surface area contributed by atoms with Crippen LogP contribution in [0.25, 0.3) is 11.2 Å². The fourth-order valence-electron chi connectivity index (χ4n) is 2.17. The van der Waals surface area contributed by atoms with E-state index in [4.69, 9.17) is 4.74 Å². The summed E-state index contributed by atoms with van der Waals surface area (Å²) in [5.74, 6) is 0.878. The quantitative estimate of drug-likeness (QED) is 0.712. The van der Waals surface area contributed by atoms with Gasteiger partial charge < -0.3 is 14.6 Å². The molecule has 2 rings (SSSR count). The van der Waals surface area contributed by atoms with Crippen LogP contribution in [0.15, 0.2) is 17.0 Å². The van der Waals surface area contributed by atoms with E-state index in [0.29, 0.717) is 34.7 Å². The van der Waals surface area contributed by atoms with Crippen molar-refractivity contribution < 1.29 is 9.53 Å². The third kappa shape index (κ3) is 5.97. The molecule has 6 nitrogen and oxygen atoms in total. The van der Waals surface area contributed by atoms with Gasteiger partial charge in [-0.2, -0.15) is 0 Å². The summed E-state index contributed by atoms with van der Waals surface area (Å²) in [6.07, 6.45) is 10.2. The van der Waals surface area contributed by atoms with E-state index < -0.39 is 10.0 Å². The highest BCUT2D eigenvalue weighted by atomic mass is 79.9. The third-order valence-electron chi connectivity index (χ3n) is 3.34. The molecule has 25 heavy (non-hydrogen) atoms. The largest absolute Gasteiger partial charge is 0.360 e. The highest BCUT2D eigenvalue weighted by Gasteiger charge is 2.21. The maximum atomic E-state index is 12.6. The number of hydrogen-bond donors (Lipinski definition) is 1. The van der Waals surface area contributed by atoms with Crippen LogP contribution < -0.4 is 5.32 Å². The molecule has 0 atom stereocenters. The summed E-state index contributed by atoms with van der Waals surface area (Å²) in [5, 5.41) is 2.97. The maximum absolute atomic E-state index is 12.6. The summed E-state index contributed by atoms with van der Waals surface area (Å²) in [6.45, 7) is 6.88. The average molecular weight is 431 g/mol. The minimum absolute atomic E-state index is 0.164. The Bertz CT molecular complexity index is 762. The molecule has 0 aliphatic rings. The van der Waals surface area contributed by atoms with Crippen LogP contribution in [0.3, 0.4) is 0 Å². The monoisotopic (exact) mass is 430 g/mol. The van der Waals surface area contributed by atoms with Gasteiger partial charge in [-0.25, -0.2) is 20.0 Å². The van der Waals surface area contributed by atoms with Crippen LogP contribution in [0.4, 0.5) is 0 Å². The zero-order valence-electron chi connectivity index (χ0n) is 15.7. The van der Waals surface area contributed by atoms with Gasteiger partial charge in [0.05, 0.1) is 18.4 Å². The molecule has 0 radical (unpaired) electrons. The van der Waals surface area contributed by atoms with E-state index >= 15 is 0 Å². The second kappa shape index (κ2) is 7.63. The Morgan fingerprint density at radius 1 is 1.36 bits per heavy atom. The summed E-state index contributed by atoms with van der Waals surface area (Å²) < 4.78 is 8.24. The predicted octanol–water partition coefficient (Wildman–Crippen LogP) is 3.39. The second-order valence-corrected chi connectivity index (χ2v) is 13.3. The van der Waals surface area contributed by atoms with E-state index in [1.54, 1.807) is 12.4 Å². The van der Waals surface area contributed by atoms with Crippen molar-refractivity contribution >= 4 is 43.0 Å². The summed E-state index contributed by atoms with van der Waals surface area (Å²) >= 11 is 3.33. The number of amides is 1. The molecular formula is C17H27BrN4O2S. The van der Waals surface area contributed by atoms with E-state index in [1.165, 1.54) is 0 Å². The molecule has 0 saturated heterocycles. The summed E-state index contributed by atoms with van der Waals surface area (Å²) in [6, 6.07) is 0. The first-order valence-electron chi connectivity index (χ1n) is 8.04. The van der Waals surface area contributed by atoms with Crippen molar-refractivity contribution in [2.45, 2.75) is 33.0 Å².